The molecule has 1 spiro atoms. The minimum absolute atomic E-state index is 0.0750. The quantitative estimate of drug-likeness (QED) is 0.797. The van der Waals surface area contributed by atoms with Crippen molar-refractivity contribution in [3.8, 4) is 0 Å². The molecule has 2 saturated heterocycles. The highest BCUT2D eigenvalue weighted by Gasteiger charge is 2.41. The second-order valence-electron chi connectivity index (χ2n) is 7.71. The summed E-state index contributed by atoms with van der Waals surface area (Å²) in [4.78, 5) is 14.7. The number of aliphatic hydroxyl groups excluding tert-OH is 1. The maximum absolute atomic E-state index is 13.3. The van der Waals surface area contributed by atoms with Crippen LogP contribution in [0.1, 0.15) is 41.6 Å². The molecular formula is C21H22F3NO3. The van der Waals surface area contributed by atoms with Gasteiger partial charge in [-0.3, -0.25) is 4.79 Å². The van der Waals surface area contributed by atoms with Crippen LogP contribution in [0.5, 0.6) is 0 Å². The van der Waals surface area contributed by atoms with Gasteiger partial charge in [0.2, 0.25) is 0 Å². The summed E-state index contributed by atoms with van der Waals surface area (Å²) in [6.45, 7) is 1.29. The fourth-order valence-electron chi connectivity index (χ4n) is 4.29. The molecule has 2 aliphatic rings. The summed E-state index contributed by atoms with van der Waals surface area (Å²) in [5, 5.41) is 10.9. The van der Waals surface area contributed by atoms with Crippen LogP contribution in [-0.2, 0) is 10.9 Å². The van der Waals surface area contributed by atoms with E-state index >= 15 is 0 Å². The zero-order valence-electron chi connectivity index (χ0n) is 15.3. The average Bonchev–Trinajstić information content (AvgIpc) is 2.66. The van der Waals surface area contributed by atoms with Crippen LogP contribution >= 0.6 is 0 Å². The van der Waals surface area contributed by atoms with Crippen LogP contribution in [0.15, 0.2) is 36.4 Å². The maximum Gasteiger partial charge on any atom is 0.416 e. The molecule has 2 aliphatic heterocycles. The molecule has 2 heterocycles. The van der Waals surface area contributed by atoms with Gasteiger partial charge >= 0.3 is 6.18 Å². The molecular weight excluding hydrogens is 371 g/mol. The van der Waals surface area contributed by atoms with Gasteiger partial charge in [0.05, 0.1) is 17.3 Å². The number of carbonyl (C=O) groups is 1. The van der Waals surface area contributed by atoms with Gasteiger partial charge in [-0.15, -0.1) is 0 Å². The Morgan fingerprint density at radius 3 is 2.57 bits per heavy atom. The van der Waals surface area contributed by atoms with Gasteiger partial charge in [-0.1, -0.05) is 24.3 Å². The first-order valence-corrected chi connectivity index (χ1v) is 9.49. The number of benzene rings is 2. The van der Waals surface area contributed by atoms with Gasteiger partial charge in [-0.05, 0) is 42.2 Å². The van der Waals surface area contributed by atoms with Crippen LogP contribution in [-0.4, -0.2) is 47.3 Å². The standard InChI is InChI=1S/C21H22F3NO3/c22-21(23,24)15-11-14-3-1-2-4-17(14)18(12-15)19(27)25-8-6-20(7-9-25)13-16(26)5-10-28-20/h1-4,11-12,16,26H,5-10,13H2. The number of piperidine rings is 1. The molecule has 1 atom stereocenters. The third-order valence-corrected chi connectivity index (χ3v) is 5.85. The molecule has 2 aromatic carbocycles. The zero-order valence-corrected chi connectivity index (χ0v) is 15.3. The first-order chi connectivity index (χ1) is 13.3. The first-order valence-electron chi connectivity index (χ1n) is 9.49. The molecule has 1 amide bonds. The monoisotopic (exact) mass is 393 g/mol. The largest absolute Gasteiger partial charge is 0.416 e. The van der Waals surface area contributed by atoms with Crippen molar-refractivity contribution in [1.82, 2.24) is 4.90 Å². The number of halogens is 3. The maximum atomic E-state index is 13.3. The Morgan fingerprint density at radius 1 is 1.18 bits per heavy atom. The Labute approximate surface area is 160 Å². The molecule has 7 heteroatoms. The molecule has 28 heavy (non-hydrogen) atoms. The lowest BCUT2D eigenvalue weighted by Gasteiger charge is -2.45. The van der Waals surface area contributed by atoms with E-state index in [9.17, 15) is 23.1 Å². The molecule has 0 aliphatic carbocycles. The minimum Gasteiger partial charge on any atom is -0.393 e. The van der Waals surface area contributed by atoms with Crippen molar-refractivity contribution in [3.63, 3.8) is 0 Å². The lowest BCUT2D eigenvalue weighted by Crippen LogP contribution is -2.51. The van der Waals surface area contributed by atoms with Crippen LogP contribution in [0, 0.1) is 0 Å². The van der Waals surface area contributed by atoms with E-state index in [0.29, 0.717) is 56.2 Å². The Balaban J connectivity index is 1.61. The van der Waals surface area contributed by atoms with E-state index in [-0.39, 0.29) is 5.56 Å². The number of likely N-dealkylation sites (tertiary alicyclic amines) is 1. The molecule has 4 nitrogen and oxygen atoms in total. The number of fused-ring (bicyclic) bond motifs is 1. The lowest BCUT2D eigenvalue weighted by molar-refractivity contribution is -0.139. The third kappa shape index (κ3) is 3.61. The molecule has 150 valence electrons. The smallest absolute Gasteiger partial charge is 0.393 e. The Bertz CT molecular complexity index is 888. The second-order valence-corrected chi connectivity index (χ2v) is 7.71. The molecule has 4 rings (SSSR count). The van der Waals surface area contributed by atoms with Gasteiger partial charge in [-0.25, -0.2) is 0 Å². The van der Waals surface area contributed by atoms with E-state index in [1.54, 1.807) is 29.2 Å². The second kappa shape index (κ2) is 7.04. The van der Waals surface area contributed by atoms with Crippen LogP contribution in [0.25, 0.3) is 10.8 Å². The Hall–Kier alpha value is -2.12. The predicted molar refractivity (Wildman–Crippen MR) is 98.0 cm³/mol. The SMILES string of the molecule is O=C(c1cc(C(F)(F)F)cc2ccccc12)N1CCC2(CC1)CC(O)CCO2. The van der Waals surface area contributed by atoms with Crippen LogP contribution < -0.4 is 0 Å². The first kappa shape index (κ1) is 19.2. The van der Waals surface area contributed by atoms with Crippen molar-refractivity contribution < 1.29 is 27.8 Å². The molecule has 0 saturated carbocycles. The van der Waals surface area contributed by atoms with Gasteiger partial charge in [0, 0.05) is 31.7 Å². The highest BCUT2D eigenvalue weighted by atomic mass is 19.4. The molecule has 2 aromatic rings. The summed E-state index contributed by atoms with van der Waals surface area (Å²) >= 11 is 0. The van der Waals surface area contributed by atoms with Crippen molar-refractivity contribution >= 4 is 16.7 Å². The fourth-order valence-corrected chi connectivity index (χ4v) is 4.29. The molecule has 1 unspecified atom stereocenters. The van der Waals surface area contributed by atoms with E-state index in [1.807, 2.05) is 0 Å². The predicted octanol–water partition coefficient (Wildman–Crippen LogP) is 4.00. The van der Waals surface area contributed by atoms with E-state index in [1.165, 1.54) is 0 Å². The number of amides is 1. The van der Waals surface area contributed by atoms with Crippen molar-refractivity contribution in [2.45, 2.75) is 43.6 Å². The molecule has 1 N–H and O–H groups in total. The summed E-state index contributed by atoms with van der Waals surface area (Å²) < 4.78 is 45.8. The van der Waals surface area contributed by atoms with Crippen molar-refractivity contribution in [1.29, 1.82) is 0 Å². The molecule has 2 fully saturated rings. The van der Waals surface area contributed by atoms with Gasteiger partial charge < -0.3 is 14.7 Å². The highest BCUT2D eigenvalue weighted by molar-refractivity contribution is 6.07. The normalized spacial score (nSPS) is 22.6. The average molecular weight is 393 g/mol. The van der Waals surface area contributed by atoms with E-state index in [0.717, 1.165) is 12.1 Å². The molecule has 0 radical (unpaired) electrons. The number of carbonyl (C=O) groups excluding carboxylic acids is 1. The zero-order chi connectivity index (χ0) is 19.9. The fraction of sp³-hybridized carbons (Fsp3) is 0.476. The number of ether oxygens (including phenoxy) is 1. The van der Waals surface area contributed by atoms with E-state index in [2.05, 4.69) is 0 Å². The van der Waals surface area contributed by atoms with Crippen LogP contribution in [0.3, 0.4) is 0 Å². The topological polar surface area (TPSA) is 49.8 Å². The van der Waals surface area contributed by atoms with Gasteiger partial charge in [0.1, 0.15) is 0 Å². The number of hydrogen-bond donors (Lipinski definition) is 1. The third-order valence-electron chi connectivity index (χ3n) is 5.85. The number of hydrogen-bond acceptors (Lipinski definition) is 3. The minimum atomic E-state index is -4.52. The van der Waals surface area contributed by atoms with Crippen LogP contribution in [0.2, 0.25) is 0 Å². The van der Waals surface area contributed by atoms with Crippen LogP contribution in [0.4, 0.5) is 13.2 Å². The summed E-state index contributed by atoms with van der Waals surface area (Å²) in [6.07, 6.45) is -2.61. The highest BCUT2D eigenvalue weighted by Crippen LogP contribution is 2.37. The number of aliphatic hydroxyl groups is 1. The lowest BCUT2D eigenvalue weighted by atomic mass is 9.83. The van der Waals surface area contributed by atoms with Crippen molar-refractivity contribution in [3.05, 3.63) is 47.5 Å². The van der Waals surface area contributed by atoms with Gasteiger partial charge in [0.15, 0.2) is 0 Å². The van der Waals surface area contributed by atoms with E-state index in [4.69, 9.17) is 4.74 Å². The number of nitrogens with zero attached hydrogens (tertiary/aromatic N) is 1. The van der Waals surface area contributed by atoms with E-state index < -0.39 is 29.4 Å². The van der Waals surface area contributed by atoms with Crippen molar-refractivity contribution in [2.75, 3.05) is 19.7 Å². The molecule has 0 bridgehead atoms. The summed E-state index contributed by atoms with van der Waals surface area (Å²) in [6, 6.07) is 8.67. The van der Waals surface area contributed by atoms with Gasteiger partial charge in [-0.2, -0.15) is 13.2 Å². The van der Waals surface area contributed by atoms with Gasteiger partial charge in [0.25, 0.3) is 5.91 Å². The summed E-state index contributed by atoms with van der Waals surface area (Å²) in [5.74, 6) is -0.395. The Morgan fingerprint density at radius 2 is 1.89 bits per heavy atom. The number of alkyl halides is 3. The summed E-state index contributed by atoms with van der Waals surface area (Å²) in [5.41, 5.74) is -1.17. The summed E-state index contributed by atoms with van der Waals surface area (Å²) in [7, 11) is 0. The Kier molecular flexibility index (Phi) is 4.83. The molecule has 0 aromatic heterocycles. The number of rotatable bonds is 1. The van der Waals surface area contributed by atoms with Crippen molar-refractivity contribution in [2.24, 2.45) is 0 Å².